The van der Waals surface area contributed by atoms with Gasteiger partial charge in [0.05, 0.1) is 19.1 Å². The molecule has 2 aromatic rings. The van der Waals surface area contributed by atoms with E-state index in [-0.39, 0.29) is 19.2 Å². The predicted molar refractivity (Wildman–Crippen MR) is 109 cm³/mol. The molecule has 1 unspecified atom stereocenters. The summed E-state index contributed by atoms with van der Waals surface area (Å²) in [4.78, 5) is 12.9. The van der Waals surface area contributed by atoms with E-state index in [1.165, 1.54) is 7.11 Å². The Balaban J connectivity index is 1.77. The Bertz CT molecular complexity index is 975. The molecule has 0 saturated carbocycles. The standard InChI is InChI=1S/C20H24N2O6S/c1-4-17(22(29(3,24)25)15-6-8-16(26-2)9-7-15)20(23)21-12-14-5-10-18-19(11-14)28-13-27-18/h5-11,17H,4,12-13H2,1-3H3,(H,21,23). The van der Waals surface area contributed by atoms with Crippen molar-refractivity contribution in [2.24, 2.45) is 0 Å². The minimum Gasteiger partial charge on any atom is -0.497 e. The summed E-state index contributed by atoms with van der Waals surface area (Å²) in [5, 5.41) is 2.82. The van der Waals surface area contributed by atoms with E-state index in [0.29, 0.717) is 29.4 Å². The number of sulfonamides is 1. The molecular weight excluding hydrogens is 396 g/mol. The number of rotatable bonds is 8. The second kappa shape index (κ2) is 8.60. The number of fused-ring (bicyclic) bond motifs is 1. The Hall–Kier alpha value is -2.94. The lowest BCUT2D eigenvalue weighted by Crippen LogP contribution is -2.49. The zero-order chi connectivity index (χ0) is 21.0. The molecular formula is C20H24N2O6S. The third-order valence-electron chi connectivity index (χ3n) is 4.56. The van der Waals surface area contributed by atoms with Crippen molar-refractivity contribution >= 4 is 21.6 Å². The normalized spacial score (nSPS) is 13.6. The number of amides is 1. The van der Waals surface area contributed by atoms with Crippen molar-refractivity contribution in [1.82, 2.24) is 5.32 Å². The SMILES string of the molecule is CCC(C(=O)NCc1ccc2c(c1)OCO2)N(c1ccc(OC)cc1)S(C)(=O)=O. The monoisotopic (exact) mass is 420 g/mol. The molecule has 0 fully saturated rings. The first-order valence-electron chi connectivity index (χ1n) is 9.13. The molecule has 8 nitrogen and oxygen atoms in total. The maximum Gasteiger partial charge on any atom is 0.244 e. The molecule has 0 radical (unpaired) electrons. The molecule has 1 aliphatic heterocycles. The second-order valence-electron chi connectivity index (χ2n) is 6.59. The highest BCUT2D eigenvalue weighted by atomic mass is 32.2. The fourth-order valence-corrected chi connectivity index (χ4v) is 4.36. The number of benzene rings is 2. The third-order valence-corrected chi connectivity index (χ3v) is 5.74. The van der Waals surface area contributed by atoms with E-state index >= 15 is 0 Å². The predicted octanol–water partition coefficient (Wildman–Crippen LogP) is 2.28. The van der Waals surface area contributed by atoms with Crippen molar-refractivity contribution in [2.75, 3.05) is 24.5 Å². The van der Waals surface area contributed by atoms with Crippen molar-refractivity contribution in [3.63, 3.8) is 0 Å². The molecule has 3 rings (SSSR count). The van der Waals surface area contributed by atoms with Crippen LogP contribution in [0.4, 0.5) is 5.69 Å². The van der Waals surface area contributed by atoms with Gasteiger partial charge in [-0.1, -0.05) is 13.0 Å². The molecule has 9 heteroatoms. The zero-order valence-electron chi connectivity index (χ0n) is 16.5. The minimum atomic E-state index is -3.69. The Morgan fingerprint density at radius 1 is 1.17 bits per heavy atom. The van der Waals surface area contributed by atoms with Crippen molar-refractivity contribution in [1.29, 1.82) is 0 Å². The number of nitrogens with one attached hydrogen (secondary N) is 1. The molecule has 1 amide bonds. The minimum absolute atomic E-state index is 0.175. The lowest BCUT2D eigenvalue weighted by molar-refractivity contribution is -0.122. The van der Waals surface area contributed by atoms with Gasteiger partial charge in [-0.25, -0.2) is 8.42 Å². The molecule has 0 saturated heterocycles. The Labute approximate surface area is 170 Å². The molecule has 0 bridgehead atoms. The quantitative estimate of drug-likeness (QED) is 0.704. The van der Waals surface area contributed by atoms with Crippen LogP contribution in [0.1, 0.15) is 18.9 Å². The Morgan fingerprint density at radius 2 is 1.86 bits per heavy atom. The molecule has 156 valence electrons. The van der Waals surface area contributed by atoms with Crippen LogP contribution in [0.15, 0.2) is 42.5 Å². The topological polar surface area (TPSA) is 94.2 Å². The van der Waals surface area contributed by atoms with Crippen LogP contribution in [-0.4, -0.2) is 40.5 Å². The molecule has 0 aliphatic carbocycles. The summed E-state index contributed by atoms with van der Waals surface area (Å²) in [7, 11) is -2.16. The molecule has 1 atom stereocenters. The molecule has 29 heavy (non-hydrogen) atoms. The highest BCUT2D eigenvalue weighted by Crippen LogP contribution is 2.32. The van der Waals surface area contributed by atoms with Crippen LogP contribution in [0.2, 0.25) is 0 Å². The maximum absolute atomic E-state index is 12.9. The van der Waals surface area contributed by atoms with Gasteiger partial charge < -0.3 is 19.5 Å². The molecule has 1 aliphatic rings. The number of ether oxygens (including phenoxy) is 3. The van der Waals surface area contributed by atoms with Gasteiger partial charge in [-0.3, -0.25) is 9.10 Å². The van der Waals surface area contributed by atoms with Crippen molar-refractivity contribution in [2.45, 2.75) is 25.9 Å². The molecule has 1 heterocycles. The number of carbonyl (C=O) groups is 1. The average molecular weight is 420 g/mol. The van der Waals surface area contributed by atoms with Crippen molar-refractivity contribution < 1.29 is 27.4 Å². The van der Waals surface area contributed by atoms with E-state index in [2.05, 4.69) is 5.32 Å². The van der Waals surface area contributed by atoms with Crippen molar-refractivity contribution in [3.8, 4) is 17.2 Å². The van der Waals surface area contributed by atoms with Crippen molar-refractivity contribution in [3.05, 3.63) is 48.0 Å². The fourth-order valence-electron chi connectivity index (χ4n) is 3.15. The number of carbonyl (C=O) groups excluding carboxylic acids is 1. The summed E-state index contributed by atoms with van der Waals surface area (Å²) in [5.41, 5.74) is 1.23. The van der Waals surface area contributed by atoms with E-state index < -0.39 is 16.1 Å². The number of methoxy groups -OCH3 is 1. The summed E-state index contributed by atoms with van der Waals surface area (Å²) in [6.07, 6.45) is 1.40. The van der Waals surface area contributed by atoms with E-state index in [4.69, 9.17) is 14.2 Å². The van der Waals surface area contributed by atoms with E-state index in [9.17, 15) is 13.2 Å². The number of hydrogen-bond donors (Lipinski definition) is 1. The van der Waals surface area contributed by atoms with E-state index in [1.54, 1.807) is 43.3 Å². The first-order chi connectivity index (χ1) is 13.8. The number of hydrogen-bond acceptors (Lipinski definition) is 6. The van der Waals surface area contributed by atoms with Gasteiger partial charge in [-0.2, -0.15) is 0 Å². The lowest BCUT2D eigenvalue weighted by atomic mass is 10.1. The first-order valence-corrected chi connectivity index (χ1v) is 11.0. The van der Waals surface area contributed by atoms with Gasteiger partial charge in [0.25, 0.3) is 0 Å². The smallest absolute Gasteiger partial charge is 0.244 e. The van der Waals surface area contributed by atoms with Gasteiger partial charge in [-0.05, 0) is 48.4 Å². The molecule has 0 aromatic heterocycles. The molecule has 1 N–H and O–H groups in total. The fraction of sp³-hybridized carbons (Fsp3) is 0.350. The second-order valence-corrected chi connectivity index (χ2v) is 8.45. The molecule has 2 aromatic carbocycles. The van der Waals surface area contributed by atoms with Gasteiger partial charge in [0.15, 0.2) is 11.5 Å². The largest absolute Gasteiger partial charge is 0.497 e. The summed E-state index contributed by atoms with van der Waals surface area (Å²) >= 11 is 0. The Kier molecular flexibility index (Phi) is 6.17. The first kappa shape index (κ1) is 20.8. The van der Waals surface area contributed by atoms with Crippen LogP contribution in [0, 0.1) is 0 Å². The van der Waals surface area contributed by atoms with Crippen LogP contribution >= 0.6 is 0 Å². The van der Waals surface area contributed by atoms with Gasteiger partial charge in [0, 0.05) is 6.54 Å². The maximum atomic E-state index is 12.9. The summed E-state index contributed by atoms with van der Waals surface area (Å²) in [6.45, 7) is 2.19. The van der Waals surface area contributed by atoms with Gasteiger partial charge >= 0.3 is 0 Å². The van der Waals surface area contributed by atoms with Crippen LogP contribution in [0.25, 0.3) is 0 Å². The van der Waals surface area contributed by atoms with Crippen LogP contribution in [0.3, 0.4) is 0 Å². The van der Waals surface area contributed by atoms with E-state index in [0.717, 1.165) is 16.1 Å². The zero-order valence-corrected chi connectivity index (χ0v) is 17.4. The number of anilines is 1. The highest BCUT2D eigenvalue weighted by Gasteiger charge is 2.31. The number of nitrogens with zero attached hydrogens (tertiary/aromatic N) is 1. The van der Waals surface area contributed by atoms with Crippen LogP contribution in [0.5, 0.6) is 17.2 Å². The van der Waals surface area contributed by atoms with Gasteiger partial charge in [0.2, 0.25) is 22.7 Å². The van der Waals surface area contributed by atoms with Crippen LogP contribution in [-0.2, 0) is 21.4 Å². The summed E-state index contributed by atoms with van der Waals surface area (Å²) in [6, 6.07) is 11.1. The highest BCUT2D eigenvalue weighted by molar-refractivity contribution is 7.92. The van der Waals surface area contributed by atoms with E-state index in [1.807, 2.05) is 6.07 Å². The van der Waals surface area contributed by atoms with Crippen LogP contribution < -0.4 is 23.8 Å². The third kappa shape index (κ3) is 4.73. The Morgan fingerprint density at radius 3 is 2.48 bits per heavy atom. The van der Waals surface area contributed by atoms with Gasteiger partial charge in [0.1, 0.15) is 11.8 Å². The summed E-state index contributed by atoms with van der Waals surface area (Å²) < 4.78 is 41.8. The average Bonchev–Trinajstić information content (AvgIpc) is 3.17. The lowest BCUT2D eigenvalue weighted by Gasteiger charge is -2.30. The van der Waals surface area contributed by atoms with Gasteiger partial charge in [-0.15, -0.1) is 0 Å². The molecule has 0 spiro atoms. The summed E-state index contributed by atoms with van der Waals surface area (Å²) in [5.74, 6) is 1.50.